The Morgan fingerprint density at radius 2 is 1.88 bits per heavy atom. The van der Waals surface area contributed by atoms with Crippen LogP contribution in [-0.4, -0.2) is 23.0 Å². The second kappa shape index (κ2) is 10.4. The number of oxazole rings is 1. The highest BCUT2D eigenvalue weighted by atomic mass is 19.1. The minimum absolute atomic E-state index is 0.357. The van der Waals surface area contributed by atoms with Gasteiger partial charge in [0.1, 0.15) is 17.8 Å². The lowest BCUT2D eigenvalue weighted by Gasteiger charge is -2.11. The molecule has 2 heterocycles. The van der Waals surface area contributed by atoms with E-state index in [0.717, 1.165) is 16.8 Å². The van der Waals surface area contributed by atoms with Crippen LogP contribution in [0.1, 0.15) is 16.8 Å². The number of nitrogens with zero attached hydrogens (tertiary/aromatic N) is 3. The number of aryl methyl sites for hydroxylation is 1. The summed E-state index contributed by atoms with van der Waals surface area (Å²) in [5.74, 6) is 1.64. The molecule has 0 fully saturated rings. The molecule has 2 aromatic carbocycles. The van der Waals surface area contributed by atoms with Gasteiger partial charge in [0.05, 0.1) is 12.2 Å². The van der Waals surface area contributed by atoms with E-state index in [2.05, 4.69) is 25.6 Å². The zero-order valence-electron chi connectivity index (χ0n) is 18.4. The van der Waals surface area contributed by atoms with Crippen LogP contribution in [0.25, 0.3) is 11.5 Å². The Balaban J connectivity index is 1.27. The first-order valence-electron chi connectivity index (χ1n) is 10.4. The van der Waals surface area contributed by atoms with Crippen molar-refractivity contribution in [1.82, 2.24) is 20.6 Å². The highest BCUT2D eigenvalue weighted by Crippen LogP contribution is 2.20. The van der Waals surface area contributed by atoms with Crippen molar-refractivity contribution in [2.75, 3.05) is 7.05 Å². The molecule has 8 heteroatoms. The van der Waals surface area contributed by atoms with E-state index in [1.54, 1.807) is 37.7 Å². The Hall–Kier alpha value is -4.20. The number of rotatable bonds is 7. The maximum Gasteiger partial charge on any atom is 0.226 e. The molecule has 2 aromatic heterocycles. The molecule has 0 amide bonds. The molecule has 0 radical (unpaired) electrons. The summed E-state index contributed by atoms with van der Waals surface area (Å²) >= 11 is 0. The van der Waals surface area contributed by atoms with E-state index >= 15 is 0 Å². The molecule has 2 N–H and O–H groups in total. The van der Waals surface area contributed by atoms with Gasteiger partial charge in [-0.15, -0.1) is 0 Å². The maximum atomic E-state index is 13.3. The monoisotopic (exact) mass is 445 g/mol. The fourth-order valence-electron chi connectivity index (χ4n) is 3.02. The van der Waals surface area contributed by atoms with Gasteiger partial charge in [-0.3, -0.25) is 4.99 Å². The summed E-state index contributed by atoms with van der Waals surface area (Å²) in [7, 11) is 1.70. The minimum Gasteiger partial charge on any atom is -0.444 e. The Morgan fingerprint density at radius 3 is 2.61 bits per heavy atom. The van der Waals surface area contributed by atoms with Crippen LogP contribution in [0.3, 0.4) is 0 Å². The quantitative estimate of drug-likeness (QED) is 0.313. The van der Waals surface area contributed by atoms with Crippen molar-refractivity contribution in [2.45, 2.75) is 20.0 Å². The Kier molecular flexibility index (Phi) is 6.94. The van der Waals surface area contributed by atoms with Gasteiger partial charge in [-0.25, -0.2) is 14.4 Å². The molecule has 0 aliphatic heterocycles. The summed E-state index contributed by atoms with van der Waals surface area (Å²) < 4.78 is 24.4. The molecule has 0 aliphatic carbocycles. The average Bonchev–Trinajstić information content (AvgIpc) is 3.30. The largest absolute Gasteiger partial charge is 0.444 e. The van der Waals surface area contributed by atoms with Crippen LogP contribution in [0.15, 0.2) is 82.5 Å². The predicted octanol–water partition coefficient (Wildman–Crippen LogP) is 4.84. The normalized spacial score (nSPS) is 11.3. The molecule has 168 valence electrons. The van der Waals surface area contributed by atoms with E-state index in [-0.39, 0.29) is 5.82 Å². The second-order valence-electron chi connectivity index (χ2n) is 7.35. The third-order valence-corrected chi connectivity index (χ3v) is 4.79. The van der Waals surface area contributed by atoms with Crippen LogP contribution in [0.2, 0.25) is 0 Å². The fourth-order valence-corrected chi connectivity index (χ4v) is 3.02. The first kappa shape index (κ1) is 22.0. The van der Waals surface area contributed by atoms with E-state index in [1.165, 1.54) is 17.7 Å². The van der Waals surface area contributed by atoms with Crippen molar-refractivity contribution in [2.24, 2.45) is 4.99 Å². The predicted molar refractivity (Wildman–Crippen MR) is 124 cm³/mol. The number of hydrogen-bond donors (Lipinski definition) is 2. The molecule has 0 spiro atoms. The molecule has 4 rings (SSSR count). The van der Waals surface area contributed by atoms with Gasteiger partial charge < -0.3 is 19.8 Å². The Labute approximate surface area is 191 Å². The second-order valence-corrected chi connectivity index (χ2v) is 7.35. The van der Waals surface area contributed by atoms with E-state index in [0.29, 0.717) is 36.6 Å². The lowest BCUT2D eigenvalue weighted by atomic mass is 10.1. The topological polar surface area (TPSA) is 84.6 Å². The highest BCUT2D eigenvalue weighted by molar-refractivity contribution is 5.79. The van der Waals surface area contributed by atoms with E-state index in [9.17, 15) is 4.39 Å². The number of pyridine rings is 1. The smallest absolute Gasteiger partial charge is 0.226 e. The number of guanidine groups is 1. The standard InChI is InChI=1S/C25H24FN5O2/c1-17-6-9-19(10-7-17)24-31-21(16-32-24)15-30-25(27-2)29-14-18-8-11-23(28-13-18)33-22-5-3-4-20(26)12-22/h3-13,16H,14-15H2,1-2H3,(H2,27,29,30). The third kappa shape index (κ3) is 6.16. The number of hydrogen-bond acceptors (Lipinski definition) is 5. The first-order valence-corrected chi connectivity index (χ1v) is 10.4. The van der Waals surface area contributed by atoms with Gasteiger partial charge >= 0.3 is 0 Å². The van der Waals surface area contributed by atoms with Gasteiger partial charge in [0, 0.05) is 37.5 Å². The summed E-state index contributed by atoms with van der Waals surface area (Å²) in [5, 5.41) is 6.44. The minimum atomic E-state index is -0.357. The molecule has 0 aliphatic rings. The molecular weight excluding hydrogens is 421 g/mol. The van der Waals surface area contributed by atoms with Crippen LogP contribution in [0, 0.1) is 12.7 Å². The SMILES string of the molecule is CN=C(NCc1ccc(Oc2cccc(F)c2)nc1)NCc1coc(-c2ccc(C)cc2)n1. The van der Waals surface area contributed by atoms with Gasteiger partial charge in [0.15, 0.2) is 5.96 Å². The highest BCUT2D eigenvalue weighted by Gasteiger charge is 2.08. The molecule has 0 saturated carbocycles. The van der Waals surface area contributed by atoms with Gasteiger partial charge in [-0.05, 0) is 36.8 Å². The summed E-state index contributed by atoms with van der Waals surface area (Å²) in [5.41, 5.74) is 3.83. The Bertz CT molecular complexity index is 1220. The molecule has 33 heavy (non-hydrogen) atoms. The third-order valence-electron chi connectivity index (χ3n) is 4.79. The number of aromatic nitrogens is 2. The van der Waals surface area contributed by atoms with Gasteiger partial charge in [-0.1, -0.05) is 29.8 Å². The van der Waals surface area contributed by atoms with E-state index in [1.807, 2.05) is 37.3 Å². The molecule has 7 nitrogen and oxygen atoms in total. The van der Waals surface area contributed by atoms with Gasteiger partial charge in [0.25, 0.3) is 0 Å². The molecule has 0 bridgehead atoms. The molecule has 0 atom stereocenters. The van der Waals surface area contributed by atoms with Gasteiger partial charge in [-0.2, -0.15) is 0 Å². The zero-order chi connectivity index (χ0) is 23.0. The van der Waals surface area contributed by atoms with Crippen molar-refractivity contribution in [3.05, 3.63) is 95.8 Å². The number of halogens is 1. The molecule has 4 aromatic rings. The molecule has 0 saturated heterocycles. The molecule has 0 unspecified atom stereocenters. The van der Waals surface area contributed by atoms with Crippen LogP contribution in [0.5, 0.6) is 11.6 Å². The zero-order valence-corrected chi connectivity index (χ0v) is 18.4. The first-order chi connectivity index (χ1) is 16.1. The van der Waals surface area contributed by atoms with Crippen LogP contribution >= 0.6 is 0 Å². The van der Waals surface area contributed by atoms with Crippen molar-refractivity contribution >= 4 is 5.96 Å². The van der Waals surface area contributed by atoms with Crippen LogP contribution in [-0.2, 0) is 13.1 Å². The fraction of sp³-hybridized carbons (Fsp3) is 0.160. The van der Waals surface area contributed by atoms with Crippen LogP contribution < -0.4 is 15.4 Å². The van der Waals surface area contributed by atoms with Crippen molar-refractivity contribution in [1.29, 1.82) is 0 Å². The summed E-state index contributed by atoms with van der Waals surface area (Å²) in [4.78, 5) is 13.0. The number of aliphatic imine (C=N–C) groups is 1. The lowest BCUT2D eigenvalue weighted by Crippen LogP contribution is -2.36. The van der Waals surface area contributed by atoms with Crippen molar-refractivity contribution < 1.29 is 13.5 Å². The van der Waals surface area contributed by atoms with Crippen molar-refractivity contribution in [3.8, 4) is 23.1 Å². The van der Waals surface area contributed by atoms with E-state index < -0.39 is 0 Å². The Morgan fingerprint density at radius 1 is 1.06 bits per heavy atom. The summed E-state index contributed by atoms with van der Waals surface area (Å²) in [6, 6.07) is 17.6. The maximum absolute atomic E-state index is 13.3. The van der Waals surface area contributed by atoms with Crippen LogP contribution in [0.4, 0.5) is 4.39 Å². The number of nitrogens with one attached hydrogen (secondary N) is 2. The summed E-state index contributed by atoms with van der Waals surface area (Å²) in [6.07, 6.45) is 3.33. The lowest BCUT2D eigenvalue weighted by molar-refractivity contribution is 0.457. The average molecular weight is 445 g/mol. The number of benzene rings is 2. The molecular formula is C25H24FN5O2. The van der Waals surface area contributed by atoms with Crippen molar-refractivity contribution in [3.63, 3.8) is 0 Å². The van der Waals surface area contributed by atoms with E-state index in [4.69, 9.17) is 9.15 Å². The number of ether oxygens (including phenoxy) is 1. The summed E-state index contributed by atoms with van der Waals surface area (Å²) in [6.45, 7) is 3.02. The van der Waals surface area contributed by atoms with Gasteiger partial charge in [0.2, 0.25) is 11.8 Å².